The molecule has 0 bridgehead atoms. The summed E-state index contributed by atoms with van der Waals surface area (Å²) in [5.41, 5.74) is 4.01. The molecule has 2 aromatic rings. The molecule has 170 valence electrons. The van der Waals surface area contributed by atoms with Crippen molar-refractivity contribution < 1.29 is 14.3 Å². The van der Waals surface area contributed by atoms with Gasteiger partial charge >= 0.3 is 12.0 Å². The van der Waals surface area contributed by atoms with E-state index < -0.39 is 11.9 Å². The maximum atomic E-state index is 13.3. The number of amides is 2. The number of rotatable bonds is 6. The van der Waals surface area contributed by atoms with E-state index in [1.165, 1.54) is 0 Å². The Hall–Kier alpha value is -3.84. The number of nitrogens with one attached hydrogen (secondary N) is 2. The second-order valence-corrected chi connectivity index (χ2v) is 8.16. The zero-order valence-corrected chi connectivity index (χ0v) is 19.1. The summed E-state index contributed by atoms with van der Waals surface area (Å²) in [6, 6.07) is 18.8. The third-order valence-electron chi connectivity index (χ3n) is 5.55. The third-order valence-corrected chi connectivity index (χ3v) is 5.55. The van der Waals surface area contributed by atoms with Crippen molar-refractivity contribution in [1.29, 1.82) is 0 Å². The Morgan fingerprint density at radius 2 is 1.70 bits per heavy atom. The van der Waals surface area contributed by atoms with Crippen molar-refractivity contribution in [2.75, 3.05) is 32.1 Å². The molecule has 0 aromatic heterocycles. The molecule has 2 amide bonds. The molecular weight excluding hydrogens is 416 g/mol. The predicted octanol–water partition coefficient (Wildman–Crippen LogP) is 3.71. The highest BCUT2D eigenvalue weighted by atomic mass is 16.5. The Bertz CT molecular complexity index is 1140. The highest BCUT2D eigenvalue weighted by Gasteiger charge is 2.43. The molecule has 7 heteroatoms. The molecule has 2 aromatic carbocycles. The molecule has 2 heterocycles. The molecule has 4 rings (SSSR count). The lowest BCUT2D eigenvalue weighted by Gasteiger charge is -2.41. The number of dihydropyridines is 1. The monoisotopic (exact) mass is 444 g/mol. The lowest BCUT2D eigenvalue weighted by molar-refractivity contribution is -0.138. The van der Waals surface area contributed by atoms with E-state index in [9.17, 15) is 9.59 Å². The normalized spacial score (nSPS) is 18.2. The van der Waals surface area contributed by atoms with E-state index in [0.29, 0.717) is 35.0 Å². The first-order chi connectivity index (χ1) is 15.9. The summed E-state index contributed by atoms with van der Waals surface area (Å²) in [6.45, 7) is 6.65. The summed E-state index contributed by atoms with van der Waals surface area (Å²) in [4.78, 5) is 30.0. The van der Waals surface area contributed by atoms with Crippen molar-refractivity contribution in [3.05, 3.63) is 101 Å². The Labute approximate surface area is 194 Å². The molecule has 1 atom stereocenters. The Morgan fingerprint density at radius 3 is 2.30 bits per heavy atom. The SMILES string of the molecule is C=C1NC(=O)N(c2ccccc2)C2=C1C(c1ccccc1)C(C(=O)OCC)=C(CN(C)C)N2. The second-order valence-electron chi connectivity index (χ2n) is 8.16. The number of likely N-dealkylation sites (N-methyl/N-ethyl adjacent to an activating group) is 1. The van der Waals surface area contributed by atoms with Gasteiger partial charge in [0.1, 0.15) is 5.82 Å². The average Bonchev–Trinajstić information content (AvgIpc) is 2.79. The van der Waals surface area contributed by atoms with Crippen molar-refractivity contribution in [2.24, 2.45) is 0 Å². The number of carbonyl (C=O) groups is 2. The number of nitrogens with zero attached hydrogens (tertiary/aromatic N) is 2. The van der Waals surface area contributed by atoms with Gasteiger partial charge in [-0.3, -0.25) is 0 Å². The van der Waals surface area contributed by atoms with Crippen molar-refractivity contribution in [3.8, 4) is 0 Å². The second kappa shape index (κ2) is 9.34. The Balaban J connectivity index is 1.98. The topological polar surface area (TPSA) is 73.9 Å². The smallest absolute Gasteiger partial charge is 0.336 e. The van der Waals surface area contributed by atoms with Gasteiger partial charge in [0.15, 0.2) is 0 Å². The third kappa shape index (κ3) is 4.27. The highest BCUT2D eigenvalue weighted by Crippen LogP contribution is 2.44. The Kier molecular flexibility index (Phi) is 6.33. The van der Waals surface area contributed by atoms with E-state index in [-0.39, 0.29) is 12.6 Å². The summed E-state index contributed by atoms with van der Waals surface area (Å²) >= 11 is 0. The van der Waals surface area contributed by atoms with Crippen molar-refractivity contribution >= 4 is 17.7 Å². The highest BCUT2D eigenvalue weighted by molar-refractivity contribution is 6.01. The summed E-state index contributed by atoms with van der Waals surface area (Å²) in [6.07, 6.45) is 0. The van der Waals surface area contributed by atoms with E-state index >= 15 is 0 Å². The number of allylic oxidation sites excluding steroid dienone is 1. The van der Waals surface area contributed by atoms with Crippen LogP contribution in [0.5, 0.6) is 0 Å². The van der Waals surface area contributed by atoms with Gasteiger partial charge in [-0.15, -0.1) is 0 Å². The minimum absolute atomic E-state index is 0.263. The summed E-state index contributed by atoms with van der Waals surface area (Å²) in [7, 11) is 3.86. The van der Waals surface area contributed by atoms with E-state index in [0.717, 1.165) is 11.1 Å². The van der Waals surface area contributed by atoms with Gasteiger partial charge in [-0.05, 0) is 38.7 Å². The number of benzene rings is 2. The van der Waals surface area contributed by atoms with E-state index in [1.807, 2.05) is 79.7 Å². The van der Waals surface area contributed by atoms with Gasteiger partial charge in [0.05, 0.1) is 17.9 Å². The van der Waals surface area contributed by atoms with Gasteiger partial charge in [-0.1, -0.05) is 55.1 Å². The van der Waals surface area contributed by atoms with Crippen molar-refractivity contribution in [2.45, 2.75) is 12.8 Å². The van der Waals surface area contributed by atoms with Crippen LogP contribution in [0.4, 0.5) is 10.5 Å². The lowest BCUT2D eigenvalue weighted by atomic mass is 9.79. The van der Waals surface area contributed by atoms with Gasteiger partial charge in [0.2, 0.25) is 0 Å². The zero-order valence-electron chi connectivity index (χ0n) is 19.1. The number of hydrogen-bond donors (Lipinski definition) is 2. The molecule has 33 heavy (non-hydrogen) atoms. The van der Waals surface area contributed by atoms with Gasteiger partial charge < -0.3 is 20.3 Å². The molecular formula is C26H28N4O3. The van der Waals surface area contributed by atoms with Crippen LogP contribution < -0.4 is 15.5 Å². The maximum Gasteiger partial charge on any atom is 0.336 e. The molecule has 0 saturated heterocycles. The Morgan fingerprint density at radius 1 is 1.06 bits per heavy atom. The predicted molar refractivity (Wildman–Crippen MR) is 128 cm³/mol. The summed E-state index contributed by atoms with van der Waals surface area (Å²) in [5.74, 6) is -0.261. The quantitative estimate of drug-likeness (QED) is 0.665. The molecule has 0 radical (unpaired) electrons. The molecule has 0 fully saturated rings. The van der Waals surface area contributed by atoms with Gasteiger partial charge in [-0.25, -0.2) is 14.5 Å². The standard InChI is InChI=1S/C26H28N4O3/c1-5-33-25(31)23-20(16-29(3)4)28-24-21(22(23)18-12-8-6-9-13-18)17(2)27-26(32)30(24)19-14-10-7-11-15-19/h6-15,22,28H,2,5,16H2,1,3-4H3,(H,27,32). The molecule has 1 unspecified atom stereocenters. The molecule has 7 nitrogen and oxygen atoms in total. The summed E-state index contributed by atoms with van der Waals surface area (Å²) < 4.78 is 5.48. The van der Waals surface area contributed by atoms with Gasteiger partial charge in [-0.2, -0.15) is 0 Å². The van der Waals surface area contributed by atoms with Crippen LogP contribution in [0.25, 0.3) is 0 Å². The van der Waals surface area contributed by atoms with Crippen LogP contribution in [0.15, 0.2) is 95.6 Å². The van der Waals surface area contributed by atoms with Crippen LogP contribution in [0, 0.1) is 0 Å². The fourth-order valence-corrected chi connectivity index (χ4v) is 4.27. The first-order valence-electron chi connectivity index (χ1n) is 10.9. The number of urea groups is 1. The van der Waals surface area contributed by atoms with E-state index in [1.54, 1.807) is 11.8 Å². The molecule has 2 N–H and O–H groups in total. The van der Waals surface area contributed by atoms with Crippen molar-refractivity contribution in [1.82, 2.24) is 15.5 Å². The number of anilines is 1. The van der Waals surface area contributed by atoms with Crippen LogP contribution in [-0.2, 0) is 9.53 Å². The first-order valence-corrected chi connectivity index (χ1v) is 10.9. The van der Waals surface area contributed by atoms with Crippen molar-refractivity contribution in [3.63, 3.8) is 0 Å². The average molecular weight is 445 g/mol. The lowest BCUT2D eigenvalue weighted by Crippen LogP contribution is -2.51. The maximum absolute atomic E-state index is 13.3. The summed E-state index contributed by atoms with van der Waals surface area (Å²) in [5, 5.41) is 6.29. The number of carbonyl (C=O) groups excluding carboxylic acids is 2. The molecule has 0 spiro atoms. The van der Waals surface area contributed by atoms with E-state index in [2.05, 4.69) is 17.2 Å². The van der Waals surface area contributed by atoms with Crippen LogP contribution in [0.3, 0.4) is 0 Å². The molecule has 2 aliphatic rings. The van der Waals surface area contributed by atoms with E-state index in [4.69, 9.17) is 4.74 Å². The largest absolute Gasteiger partial charge is 0.463 e. The molecule has 0 aliphatic carbocycles. The van der Waals surface area contributed by atoms with Crippen LogP contribution in [0.1, 0.15) is 18.4 Å². The molecule has 2 aliphatic heterocycles. The zero-order chi connectivity index (χ0) is 23.5. The number of para-hydroxylation sites is 1. The van der Waals surface area contributed by atoms with Gasteiger partial charge in [0, 0.05) is 29.4 Å². The fourth-order valence-electron chi connectivity index (χ4n) is 4.27. The number of esters is 1. The van der Waals surface area contributed by atoms with Crippen LogP contribution >= 0.6 is 0 Å². The minimum atomic E-state index is -0.462. The van der Waals surface area contributed by atoms with Crippen LogP contribution in [0.2, 0.25) is 0 Å². The fraction of sp³-hybridized carbons (Fsp3) is 0.231. The van der Waals surface area contributed by atoms with Crippen LogP contribution in [-0.4, -0.2) is 44.1 Å². The number of ether oxygens (including phenoxy) is 1. The van der Waals surface area contributed by atoms with Gasteiger partial charge in [0.25, 0.3) is 0 Å². The first kappa shape index (κ1) is 22.4. The number of hydrogen-bond acceptors (Lipinski definition) is 5. The minimum Gasteiger partial charge on any atom is -0.463 e. The molecule has 0 saturated carbocycles.